The summed E-state index contributed by atoms with van der Waals surface area (Å²) in [6.45, 7) is 0. The molecule has 0 radical (unpaired) electrons. The maximum absolute atomic E-state index is 12.1. The molecule has 0 unspecified atom stereocenters. The SMILES string of the molecule is O=C(Nc1ccc(Cl)c(Cl)c1)c1ccc(Cl)c(B(O)O)c1. The van der Waals surface area contributed by atoms with Gasteiger partial charge in [0.1, 0.15) is 0 Å². The van der Waals surface area contributed by atoms with Gasteiger partial charge in [0.05, 0.1) is 10.0 Å². The van der Waals surface area contributed by atoms with Crippen LogP contribution in [-0.2, 0) is 0 Å². The van der Waals surface area contributed by atoms with Crippen molar-refractivity contribution in [2.75, 3.05) is 5.32 Å². The molecule has 2 aromatic carbocycles. The fourth-order valence-corrected chi connectivity index (χ4v) is 2.17. The minimum absolute atomic E-state index is 0.0541. The summed E-state index contributed by atoms with van der Waals surface area (Å²) in [5.74, 6) is -0.438. The van der Waals surface area contributed by atoms with Crippen LogP contribution in [0.2, 0.25) is 15.1 Å². The molecular formula is C13H9BCl3NO3. The Morgan fingerprint density at radius 2 is 1.62 bits per heavy atom. The van der Waals surface area contributed by atoms with Crippen LogP contribution < -0.4 is 10.8 Å². The van der Waals surface area contributed by atoms with Crippen LogP contribution in [0.3, 0.4) is 0 Å². The molecule has 0 heterocycles. The molecule has 108 valence electrons. The number of rotatable bonds is 3. The van der Waals surface area contributed by atoms with Crippen molar-refractivity contribution >= 4 is 59.0 Å². The van der Waals surface area contributed by atoms with E-state index in [4.69, 9.17) is 34.8 Å². The second-order valence-corrected chi connectivity index (χ2v) is 5.41. The van der Waals surface area contributed by atoms with E-state index < -0.39 is 13.0 Å². The lowest BCUT2D eigenvalue weighted by atomic mass is 9.79. The number of halogens is 3. The second kappa shape index (κ2) is 6.68. The monoisotopic (exact) mass is 343 g/mol. The summed E-state index contributed by atoms with van der Waals surface area (Å²) in [4.78, 5) is 12.1. The zero-order chi connectivity index (χ0) is 15.6. The van der Waals surface area contributed by atoms with E-state index in [0.717, 1.165) is 0 Å². The summed E-state index contributed by atoms with van der Waals surface area (Å²) in [6.07, 6.45) is 0. The first kappa shape index (κ1) is 16.1. The van der Waals surface area contributed by atoms with Crippen LogP contribution in [0.5, 0.6) is 0 Å². The van der Waals surface area contributed by atoms with Gasteiger partial charge in [0.2, 0.25) is 0 Å². The van der Waals surface area contributed by atoms with E-state index in [1.54, 1.807) is 12.1 Å². The Balaban J connectivity index is 2.24. The Hall–Kier alpha value is -1.24. The maximum atomic E-state index is 12.1. The Morgan fingerprint density at radius 1 is 0.952 bits per heavy atom. The minimum Gasteiger partial charge on any atom is -0.423 e. The second-order valence-electron chi connectivity index (χ2n) is 4.19. The number of hydrogen-bond acceptors (Lipinski definition) is 3. The molecule has 1 amide bonds. The van der Waals surface area contributed by atoms with Gasteiger partial charge in [0.25, 0.3) is 5.91 Å². The highest BCUT2D eigenvalue weighted by atomic mass is 35.5. The lowest BCUT2D eigenvalue weighted by Crippen LogP contribution is -2.31. The van der Waals surface area contributed by atoms with Crippen molar-refractivity contribution in [2.45, 2.75) is 0 Å². The third kappa shape index (κ3) is 3.90. The summed E-state index contributed by atoms with van der Waals surface area (Å²) < 4.78 is 0. The number of amides is 1. The van der Waals surface area contributed by atoms with Gasteiger partial charge in [-0.25, -0.2) is 0 Å². The first-order valence-corrected chi connectivity index (χ1v) is 6.94. The molecule has 0 aliphatic heterocycles. The Bertz CT molecular complexity index is 694. The fraction of sp³-hybridized carbons (Fsp3) is 0. The van der Waals surface area contributed by atoms with Crippen molar-refractivity contribution in [2.24, 2.45) is 0 Å². The molecule has 0 aliphatic carbocycles. The fourth-order valence-electron chi connectivity index (χ4n) is 1.66. The molecular weight excluding hydrogens is 335 g/mol. The van der Waals surface area contributed by atoms with Crippen molar-refractivity contribution in [3.05, 3.63) is 57.0 Å². The molecule has 0 atom stereocenters. The number of benzene rings is 2. The van der Waals surface area contributed by atoms with Crippen molar-refractivity contribution < 1.29 is 14.8 Å². The predicted octanol–water partition coefficient (Wildman–Crippen LogP) is 2.58. The largest absolute Gasteiger partial charge is 0.489 e. The molecule has 0 spiro atoms. The molecule has 3 N–H and O–H groups in total. The molecule has 0 fully saturated rings. The summed E-state index contributed by atoms with van der Waals surface area (Å²) in [6, 6.07) is 8.87. The van der Waals surface area contributed by atoms with Gasteiger partial charge < -0.3 is 15.4 Å². The molecule has 0 saturated heterocycles. The molecule has 21 heavy (non-hydrogen) atoms. The van der Waals surface area contributed by atoms with Crippen LogP contribution in [0.15, 0.2) is 36.4 Å². The molecule has 0 bridgehead atoms. The van der Waals surface area contributed by atoms with Gasteiger partial charge in [0.15, 0.2) is 0 Å². The van der Waals surface area contributed by atoms with Crippen LogP contribution in [-0.4, -0.2) is 23.1 Å². The van der Waals surface area contributed by atoms with Gasteiger partial charge in [-0.05, 0) is 36.4 Å². The Labute approximate surface area is 136 Å². The summed E-state index contributed by atoms with van der Waals surface area (Å²) in [5, 5.41) is 21.8. The van der Waals surface area contributed by atoms with Crippen molar-refractivity contribution in [1.29, 1.82) is 0 Å². The summed E-state index contributed by atoms with van der Waals surface area (Å²) >= 11 is 17.5. The van der Waals surface area contributed by atoms with Gasteiger partial charge in [-0.1, -0.05) is 34.8 Å². The lowest BCUT2D eigenvalue weighted by Gasteiger charge is -2.09. The molecule has 2 rings (SSSR count). The zero-order valence-corrected chi connectivity index (χ0v) is 12.7. The third-order valence-corrected chi connectivity index (χ3v) is 3.80. The van der Waals surface area contributed by atoms with E-state index >= 15 is 0 Å². The maximum Gasteiger partial charge on any atom is 0.489 e. The van der Waals surface area contributed by atoms with Crippen molar-refractivity contribution in [3.63, 3.8) is 0 Å². The topological polar surface area (TPSA) is 69.6 Å². The van der Waals surface area contributed by atoms with E-state index in [1.165, 1.54) is 24.3 Å². The lowest BCUT2D eigenvalue weighted by molar-refractivity contribution is 0.102. The zero-order valence-electron chi connectivity index (χ0n) is 10.5. The number of nitrogens with one attached hydrogen (secondary N) is 1. The summed E-state index contributed by atoms with van der Waals surface area (Å²) in [7, 11) is -1.75. The number of carbonyl (C=O) groups is 1. The standard InChI is InChI=1S/C13H9BCl3NO3/c15-10-3-1-7(5-9(10)14(20)21)13(19)18-8-2-4-11(16)12(17)6-8/h1-6,20-21H,(H,18,19). The normalized spacial score (nSPS) is 10.3. The molecule has 2 aromatic rings. The van der Waals surface area contributed by atoms with Gasteiger partial charge in [-0.3, -0.25) is 4.79 Å². The van der Waals surface area contributed by atoms with Gasteiger partial charge in [-0.15, -0.1) is 0 Å². The molecule has 0 aliphatic rings. The molecule has 4 nitrogen and oxygen atoms in total. The van der Waals surface area contributed by atoms with Gasteiger partial charge >= 0.3 is 7.12 Å². The average Bonchev–Trinajstić information content (AvgIpc) is 2.43. The highest BCUT2D eigenvalue weighted by Gasteiger charge is 2.18. The molecule has 0 aromatic heterocycles. The smallest absolute Gasteiger partial charge is 0.423 e. The van der Waals surface area contributed by atoms with Crippen LogP contribution in [0.1, 0.15) is 10.4 Å². The highest BCUT2D eigenvalue weighted by molar-refractivity contribution is 6.62. The van der Waals surface area contributed by atoms with E-state index in [0.29, 0.717) is 15.7 Å². The molecule has 0 saturated carbocycles. The third-order valence-electron chi connectivity index (χ3n) is 2.71. The van der Waals surface area contributed by atoms with Crippen LogP contribution >= 0.6 is 34.8 Å². The summed E-state index contributed by atoms with van der Waals surface area (Å²) in [5.41, 5.74) is 0.752. The van der Waals surface area contributed by atoms with Crippen molar-refractivity contribution in [1.82, 2.24) is 0 Å². The highest BCUT2D eigenvalue weighted by Crippen LogP contribution is 2.25. The van der Waals surface area contributed by atoms with E-state index in [-0.39, 0.29) is 16.0 Å². The first-order chi connectivity index (χ1) is 9.88. The number of hydrogen-bond donors (Lipinski definition) is 3. The van der Waals surface area contributed by atoms with Crippen molar-refractivity contribution in [3.8, 4) is 0 Å². The quantitative estimate of drug-likeness (QED) is 0.750. The number of anilines is 1. The van der Waals surface area contributed by atoms with E-state index in [2.05, 4.69) is 5.32 Å². The Kier molecular flexibility index (Phi) is 5.14. The van der Waals surface area contributed by atoms with Crippen LogP contribution in [0.25, 0.3) is 0 Å². The van der Waals surface area contributed by atoms with Crippen LogP contribution in [0.4, 0.5) is 5.69 Å². The van der Waals surface area contributed by atoms with E-state index in [1.807, 2.05) is 0 Å². The first-order valence-electron chi connectivity index (χ1n) is 5.80. The number of carbonyl (C=O) groups excluding carboxylic acids is 1. The minimum atomic E-state index is -1.75. The van der Waals surface area contributed by atoms with Crippen LogP contribution in [0, 0.1) is 0 Å². The van der Waals surface area contributed by atoms with Gasteiger partial charge in [0, 0.05) is 21.7 Å². The Morgan fingerprint density at radius 3 is 2.24 bits per heavy atom. The van der Waals surface area contributed by atoms with E-state index in [9.17, 15) is 14.8 Å². The predicted molar refractivity (Wildman–Crippen MR) is 85.7 cm³/mol. The average molecular weight is 344 g/mol. The molecule has 8 heteroatoms. The van der Waals surface area contributed by atoms with Gasteiger partial charge in [-0.2, -0.15) is 0 Å².